The van der Waals surface area contributed by atoms with E-state index in [1.807, 2.05) is 41.2 Å². The van der Waals surface area contributed by atoms with E-state index in [4.69, 9.17) is 0 Å². The molecule has 1 aliphatic heterocycles. The molecule has 1 aromatic carbocycles. The second-order valence-corrected chi connectivity index (χ2v) is 5.37. The van der Waals surface area contributed by atoms with Gasteiger partial charge in [0.1, 0.15) is 0 Å². The van der Waals surface area contributed by atoms with Crippen LogP contribution in [-0.4, -0.2) is 44.2 Å². The number of hydrogen-bond acceptors (Lipinski definition) is 4. The zero-order valence-electron chi connectivity index (χ0n) is 11.7. The van der Waals surface area contributed by atoms with Gasteiger partial charge in [0, 0.05) is 13.1 Å². The zero-order valence-corrected chi connectivity index (χ0v) is 11.7. The maximum absolute atomic E-state index is 9.57. The highest BCUT2D eigenvalue weighted by atomic mass is 16.3. The van der Waals surface area contributed by atoms with Gasteiger partial charge < -0.3 is 5.11 Å². The van der Waals surface area contributed by atoms with Crippen molar-refractivity contribution in [3.05, 3.63) is 42.2 Å². The molecule has 1 fully saturated rings. The fourth-order valence-corrected chi connectivity index (χ4v) is 2.64. The molecule has 5 heteroatoms. The van der Waals surface area contributed by atoms with Crippen LogP contribution in [0.15, 0.2) is 36.5 Å². The molecule has 5 nitrogen and oxygen atoms in total. The van der Waals surface area contributed by atoms with Crippen molar-refractivity contribution in [1.82, 2.24) is 19.9 Å². The SMILES string of the molecule is CC(c1cn(-c2ccccc2)nn1)N1CCC(O)CC1. The summed E-state index contributed by atoms with van der Waals surface area (Å²) in [5.41, 5.74) is 2.00. The number of hydrogen-bond donors (Lipinski definition) is 1. The van der Waals surface area contributed by atoms with Crippen LogP contribution in [0.2, 0.25) is 0 Å². The maximum Gasteiger partial charge on any atom is 0.1000 e. The summed E-state index contributed by atoms with van der Waals surface area (Å²) < 4.78 is 1.81. The van der Waals surface area contributed by atoms with E-state index in [9.17, 15) is 5.11 Å². The summed E-state index contributed by atoms with van der Waals surface area (Å²) in [6.45, 7) is 3.98. The van der Waals surface area contributed by atoms with E-state index in [2.05, 4.69) is 22.1 Å². The van der Waals surface area contributed by atoms with Gasteiger partial charge in [0.25, 0.3) is 0 Å². The van der Waals surface area contributed by atoms with Crippen LogP contribution in [0, 0.1) is 0 Å². The van der Waals surface area contributed by atoms with Gasteiger partial charge in [-0.1, -0.05) is 23.4 Å². The topological polar surface area (TPSA) is 54.2 Å². The largest absolute Gasteiger partial charge is 0.393 e. The molecule has 1 aromatic heterocycles. The lowest BCUT2D eigenvalue weighted by atomic mass is 10.1. The Bertz CT molecular complexity index is 546. The lowest BCUT2D eigenvalue weighted by Gasteiger charge is -2.33. The first-order valence-electron chi connectivity index (χ1n) is 7.14. The van der Waals surface area contributed by atoms with Gasteiger partial charge in [-0.15, -0.1) is 5.10 Å². The van der Waals surface area contributed by atoms with Crippen LogP contribution in [0.4, 0.5) is 0 Å². The van der Waals surface area contributed by atoms with Crippen molar-refractivity contribution in [1.29, 1.82) is 0 Å². The van der Waals surface area contributed by atoms with Crippen molar-refractivity contribution >= 4 is 0 Å². The average Bonchev–Trinajstić information content (AvgIpc) is 2.98. The summed E-state index contributed by atoms with van der Waals surface area (Å²) in [6.07, 6.45) is 3.54. The lowest BCUT2D eigenvalue weighted by molar-refractivity contribution is 0.0636. The summed E-state index contributed by atoms with van der Waals surface area (Å²) in [5.74, 6) is 0. The molecule has 1 atom stereocenters. The zero-order chi connectivity index (χ0) is 13.9. The third-order valence-corrected chi connectivity index (χ3v) is 4.01. The Labute approximate surface area is 118 Å². The van der Waals surface area contributed by atoms with Crippen LogP contribution in [0.1, 0.15) is 31.5 Å². The van der Waals surface area contributed by atoms with Crippen LogP contribution < -0.4 is 0 Å². The molecule has 1 N–H and O–H groups in total. The molecule has 1 aliphatic rings. The van der Waals surface area contributed by atoms with Crippen molar-refractivity contribution in [2.24, 2.45) is 0 Å². The van der Waals surface area contributed by atoms with Crippen molar-refractivity contribution in [3.8, 4) is 5.69 Å². The highest BCUT2D eigenvalue weighted by molar-refractivity contribution is 5.30. The number of likely N-dealkylation sites (tertiary alicyclic amines) is 1. The molecule has 1 unspecified atom stereocenters. The molecule has 2 heterocycles. The fraction of sp³-hybridized carbons (Fsp3) is 0.467. The third-order valence-electron chi connectivity index (χ3n) is 4.01. The van der Waals surface area contributed by atoms with E-state index in [1.54, 1.807) is 0 Å². The number of aliphatic hydroxyl groups excluding tert-OH is 1. The summed E-state index contributed by atoms with van der Waals surface area (Å²) in [6, 6.07) is 10.2. The van der Waals surface area contributed by atoms with Gasteiger partial charge in [-0.25, -0.2) is 4.68 Å². The molecule has 0 spiro atoms. The first-order chi connectivity index (χ1) is 9.74. The molecule has 106 valence electrons. The second-order valence-electron chi connectivity index (χ2n) is 5.37. The van der Waals surface area contributed by atoms with E-state index in [0.29, 0.717) is 0 Å². The smallest absolute Gasteiger partial charge is 0.1000 e. The number of piperidine rings is 1. The highest BCUT2D eigenvalue weighted by Crippen LogP contribution is 2.23. The second kappa shape index (κ2) is 5.73. The third kappa shape index (κ3) is 2.73. The molecule has 0 aliphatic carbocycles. The number of aromatic nitrogens is 3. The van der Waals surface area contributed by atoms with Crippen LogP contribution in [0.3, 0.4) is 0 Å². The number of nitrogens with zero attached hydrogens (tertiary/aromatic N) is 4. The summed E-state index contributed by atoms with van der Waals surface area (Å²) >= 11 is 0. The van der Waals surface area contributed by atoms with Gasteiger partial charge in [-0.2, -0.15) is 0 Å². The Morgan fingerprint density at radius 3 is 2.60 bits per heavy atom. The molecule has 0 radical (unpaired) electrons. The lowest BCUT2D eigenvalue weighted by Crippen LogP contribution is -2.37. The normalized spacial score (nSPS) is 19.1. The average molecular weight is 272 g/mol. The van der Waals surface area contributed by atoms with E-state index < -0.39 is 0 Å². The molecule has 20 heavy (non-hydrogen) atoms. The Morgan fingerprint density at radius 2 is 1.90 bits per heavy atom. The van der Waals surface area contributed by atoms with E-state index in [1.165, 1.54) is 0 Å². The first-order valence-corrected chi connectivity index (χ1v) is 7.14. The van der Waals surface area contributed by atoms with Crippen LogP contribution in [-0.2, 0) is 0 Å². The van der Waals surface area contributed by atoms with Gasteiger partial charge in [-0.3, -0.25) is 4.90 Å². The summed E-state index contributed by atoms with van der Waals surface area (Å²) in [4.78, 5) is 2.35. The standard InChI is InChI=1S/C15H20N4O/c1-12(18-9-7-14(20)8-10-18)15-11-19(17-16-15)13-5-3-2-4-6-13/h2-6,11-12,14,20H,7-10H2,1H3. The number of rotatable bonds is 3. The monoisotopic (exact) mass is 272 g/mol. The minimum atomic E-state index is -0.140. The maximum atomic E-state index is 9.57. The molecule has 0 amide bonds. The molecular weight excluding hydrogens is 252 g/mol. The Hall–Kier alpha value is -1.72. The molecule has 2 aromatic rings. The van der Waals surface area contributed by atoms with Crippen molar-refractivity contribution in [2.45, 2.75) is 31.9 Å². The van der Waals surface area contributed by atoms with E-state index in [0.717, 1.165) is 37.3 Å². The van der Waals surface area contributed by atoms with Gasteiger partial charge in [0.2, 0.25) is 0 Å². The van der Waals surface area contributed by atoms with Gasteiger partial charge >= 0.3 is 0 Å². The van der Waals surface area contributed by atoms with Crippen LogP contribution in [0.25, 0.3) is 5.69 Å². The number of aliphatic hydroxyl groups is 1. The van der Waals surface area contributed by atoms with Gasteiger partial charge in [-0.05, 0) is 31.9 Å². The van der Waals surface area contributed by atoms with Crippen molar-refractivity contribution < 1.29 is 5.11 Å². The fourth-order valence-electron chi connectivity index (χ4n) is 2.64. The van der Waals surface area contributed by atoms with Crippen LogP contribution in [0.5, 0.6) is 0 Å². The Morgan fingerprint density at radius 1 is 1.20 bits per heavy atom. The molecule has 0 bridgehead atoms. The van der Waals surface area contributed by atoms with Gasteiger partial charge in [0.15, 0.2) is 0 Å². The Kier molecular flexibility index (Phi) is 3.80. The highest BCUT2D eigenvalue weighted by Gasteiger charge is 2.24. The molecule has 1 saturated heterocycles. The number of benzene rings is 1. The quantitative estimate of drug-likeness (QED) is 0.925. The molecule has 0 saturated carbocycles. The minimum absolute atomic E-state index is 0.140. The summed E-state index contributed by atoms with van der Waals surface area (Å²) in [7, 11) is 0. The van der Waals surface area contributed by atoms with Crippen molar-refractivity contribution in [3.63, 3.8) is 0 Å². The predicted molar refractivity (Wildman–Crippen MR) is 76.6 cm³/mol. The van der Waals surface area contributed by atoms with Crippen LogP contribution >= 0.6 is 0 Å². The summed E-state index contributed by atoms with van der Waals surface area (Å²) in [5, 5.41) is 18.1. The minimum Gasteiger partial charge on any atom is -0.393 e. The predicted octanol–water partition coefficient (Wildman–Crippen LogP) is 1.78. The first kappa shape index (κ1) is 13.3. The Balaban J connectivity index is 1.73. The van der Waals surface area contributed by atoms with Gasteiger partial charge in [0.05, 0.1) is 29.7 Å². The number of para-hydroxylation sites is 1. The van der Waals surface area contributed by atoms with E-state index >= 15 is 0 Å². The van der Waals surface area contributed by atoms with Crippen molar-refractivity contribution in [2.75, 3.05) is 13.1 Å². The van der Waals surface area contributed by atoms with E-state index in [-0.39, 0.29) is 12.1 Å². The molecular formula is C15H20N4O. The molecule has 3 rings (SSSR count).